The maximum atomic E-state index is 11.7. The number of nitrogens with zero attached hydrogens (tertiary/aromatic N) is 3. The summed E-state index contributed by atoms with van der Waals surface area (Å²) in [7, 11) is 0. The SMILES string of the molecule is C=CCNC(=O)c1cnc(N2CCC(C)CC2)nc1. The first kappa shape index (κ1) is 13.5. The van der Waals surface area contributed by atoms with E-state index in [-0.39, 0.29) is 5.91 Å². The summed E-state index contributed by atoms with van der Waals surface area (Å²) >= 11 is 0. The van der Waals surface area contributed by atoms with Crippen LogP contribution in [0.1, 0.15) is 30.1 Å². The molecule has 0 unspecified atom stereocenters. The van der Waals surface area contributed by atoms with E-state index in [1.807, 2.05) is 0 Å². The zero-order valence-corrected chi connectivity index (χ0v) is 11.3. The van der Waals surface area contributed by atoms with Crippen LogP contribution >= 0.6 is 0 Å². The molecule has 19 heavy (non-hydrogen) atoms. The Labute approximate surface area is 113 Å². The van der Waals surface area contributed by atoms with Gasteiger partial charge in [-0.15, -0.1) is 6.58 Å². The van der Waals surface area contributed by atoms with Crippen LogP contribution in [0.5, 0.6) is 0 Å². The summed E-state index contributed by atoms with van der Waals surface area (Å²) in [4.78, 5) is 22.4. The van der Waals surface area contributed by atoms with Crippen LogP contribution < -0.4 is 10.2 Å². The van der Waals surface area contributed by atoms with Crippen LogP contribution in [0.15, 0.2) is 25.0 Å². The molecule has 1 N–H and O–H groups in total. The standard InChI is InChI=1S/C14H20N4O/c1-3-6-15-13(19)12-9-16-14(17-10-12)18-7-4-11(2)5-8-18/h3,9-11H,1,4-8H2,2H3,(H,15,19). The molecule has 0 aliphatic carbocycles. The van der Waals surface area contributed by atoms with Crippen LogP contribution in [-0.2, 0) is 0 Å². The van der Waals surface area contributed by atoms with Crippen LogP contribution in [0.3, 0.4) is 0 Å². The van der Waals surface area contributed by atoms with Crippen molar-refractivity contribution < 1.29 is 4.79 Å². The molecule has 0 spiro atoms. The van der Waals surface area contributed by atoms with Gasteiger partial charge in [-0.25, -0.2) is 9.97 Å². The van der Waals surface area contributed by atoms with Crippen LogP contribution in [0.2, 0.25) is 0 Å². The number of anilines is 1. The first-order valence-electron chi connectivity index (χ1n) is 6.67. The van der Waals surface area contributed by atoms with Gasteiger partial charge >= 0.3 is 0 Å². The molecule has 1 aromatic heterocycles. The summed E-state index contributed by atoms with van der Waals surface area (Å²) in [5, 5.41) is 2.70. The first-order chi connectivity index (χ1) is 9.20. The lowest BCUT2D eigenvalue weighted by Gasteiger charge is -2.30. The van der Waals surface area contributed by atoms with Gasteiger partial charge in [-0.3, -0.25) is 4.79 Å². The minimum atomic E-state index is -0.168. The van der Waals surface area contributed by atoms with Crippen LogP contribution in [-0.4, -0.2) is 35.5 Å². The van der Waals surface area contributed by atoms with Crippen molar-refractivity contribution >= 4 is 11.9 Å². The van der Waals surface area contributed by atoms with Crippen molar-refractivity contribution in [3.05, 3.63) is 30.6 Å². The molecule has 1 saturated heterocycles. The van der Waals surface area contributed by atoms with Gasteiger partial charge in [0.2, 0.25) is 5.95 Å². The Morgan fingerprint density at radius 3 is 2.68 bits per heavy atom. The highest BCUT2D eigenvalue weighted by atomic mass is 16.1. The van der Waals surface area contributed by atoms with Crippen molar-refractivity contribution in [1.82, 2.24) is 15.3 Å². The monoisotopic (exact) mass is 260 g/mol. The van der Waals surface area contributed by atoms with Crippen molar-refractivity contribution in [1.29, 1.82) is 0 Å². The van der Waals surface area contributed by atoms with Gasteiger partial charge in [0, 0.05) is 32.0 Å². The van der Waals surface area contributed by atoms with Gasteiger partial charge in [-0.1, -0.05) is 13.0 Å². The summed E-state index contributed by atoms with van der Waals surface area (Å²) in [6.07, 6.45) is 7.15. The van der Waals surface area contributed by atoms with Crippen molar-refractivity contribution in [3.63, 3.8) is 0 Å². The molecule has 1 amide bonds. The number of nitrogens with one attached hydrogen (secondary N) is 1. The van der Waals surface area contributed by atoms with E-state index in [4.69, 9.17) is 0 Å². The van der Waals surface area contributed by atoms with E-state index < -0.39 is 0 Å². The fourth-order valence-electron chi connectivity index (χ4n) is 2.08. The molecule has 0 saturated carbocycles. The summed E-state index contributed by atoms with van der Waals surface area (Å²) < 4.78 is 0. The lowest BCUT2D eigenvalue weighted by atomic mass is 10.00. The number of rotatable bonds is 4. The molecule has 1 aliphatic heterocycles. The Bertz CT molecular complexity index is 435. The number of amides is 1. The van der Waals surface area contributed by atoms with Crippen molar-refractivity contribution in [2.75, 3.05) is 24.5 Å². The molecule has 5 nitrogen and oxygen atoms in total. The maximum absolute atomic E-state index is 11.7. The minimum absolute atomic E-state index is 0.168. The fourth-order valence-corrected chi connectivity index (χ4v) is 2.08. The molecule has 2 rings (SSSR count). The zero-order valence-electron chi connectivity index (χ0n) is 11.3. The molecule has 102 valence electrons. The molecular formula is C14H20N4O. The molecule has 0 aromatic carbocycles. The molecule has 2 heterocycles. The molecule has 1 aromatic rings. The fraction of sp³-hybridized carbons (Fsp3) is 0.500. The number of piperidine rings is 1. The summed E-state index contributed by atoms with van der Waals surface area (Å²) in [5.41, 5.74) is 0.482. The van der Waals surface area contributed by atoms with E-state index in [0.717, 1.165) is 19.0 Å². The lowest BCUT2D eigenvalue weighted by Crippen LogP contribution is -2.34. The van der Waals surface area contributed by atoms with Crippen LogP contribution in [0.4, 0.5) is 5.95 Å². The Balaban J connectivity index is 1.98. The first-order valence-corrected chi connectivity index (χ1v) is 6.67. The second kappa shape index (κ2) is 6.31. The highest BCUT2D eigenvalue weighted by Crippen LogP contribution is 2.19. The summed E-state index contributed by atoms with van der Waals surface area (Å²) in [6.45, 7) is 8.25. The van der Waals surface area contributed by atoms with Crippen molar-refractivity contribution in [2.45, 2.75) is 19.8 Å². The van der Waals surface area contributed by atoms with Gasteiger partial charge in [0.15, 0.2) is 0 Å². The molecule has 1 aliphatic rings. The molecule has 0 bridgehead atoms. The highest BCUT2D eigenvalue weighted by Gasteiger charge is 2.18. The van der Waals surface area contributed by atoms with Gasteiger partial charge in [0.1, 0.15) is 0 Å². The lowest BCUT2D eigenvalue weighted by molar-refractivity contribution is 0.0957. The predicted octanol–water partition coefficient (Wildman–Crippen LogP) is 1.63. The number of hydrogen-bond acceptors (Lipinski definition) is 4. The molecule has 0 radical (unpaired) electrons. The Hall–Kier alpha value is -1.91. The topological polar surface area (TPSA) is 58.1 Å². The number of carbonyl (C=O) groups excluding carboxylic acids is 1. The van der Waals surface area contributed by atoms with Gasteiger partial charge in [-0.2, -0.15) is 0 Å². The van der Waals surface area contributed by atoms with E-state index >= 15 is 0 Å². The molecule has 0 atom stereocenters. The van der Waals surface area contributed by atoms with E-state index in [2.05, 4.69) is 33.7 Å². The van der Waals surface area contributed by atoms with Crippen molar-refractivity contribution in [2.24, 2.45) is 5.92 Å². The van der Waals surface area contributed by atoms with Gasteiger partial charge in [0.05, 0.1) is 5.56 Å². The molecule has 5 heteroatoms. The van der Waals surface area contributed by atoms with E-state index in [0.29, 0.717) is 18.1 Å². The predicted molar refractivity (Wildman–Crippen MR) is 75.2 cm³/mol. The average molecular weight is 260 g/mol. The number of hydrogen-bond donors (Lipinski definition) is 1. The van der Waals surface area contributed by atoms with Crippen LogP contribution in [0, 0.1) is 5.92 Å². The number of carbonyl (C=O) groups is 1. The quantitative estimate of drug-likeness (QED) is 0.836. The van der Waals surface area contributed by atoms with E-state index in [1.54, 1.807) is 18.5 Å². The second-order valence-corrected chi connectivity index (χ2v) is 4.94. The zero-order chi connectivity index (χ0) is 13.7. The summed E-state index contributed by atoms with van der Waals surface area (Å²) in [5.74, 6) is 1.33. The average Bonchev–Trinajstić information content (AvgIpc) is 2.46. The van der Waals surface area contributed by atoms with Gasteiger partial charge < -0.3 is 10.2 Å². The Kier molecular flexibility index (Phi) is 4.49. The maximum Gasteiger partial charge on any atom is 0.254 e. The second-order valence-electron chi connectivity index (χ2n) is 4.94. The largest absolute Gasteiger partial charge is 0.348 e. The molecule has 1 fully saturated rings. The smallest absolute Gasteiger partial charge is 0.254 e. The van der Waals surface area contributed by atoms with Crippen LogP contribution in [0.25, 0.3) is 0 Å². The Morgan fingerprint density at radius 2 is 2.11 bits per heavy atom. The highest BCUT2D eigenvalue weighted by molar-refractivity contribution is 5.93. The third-order valence-corrected chi connectivity index (χ3v) is 3.37. The van der Waals surface area contributed by atoms with Gasteiger partial charge in [-0.05, 0) is 18.8 Å². The third-order valence-electron chi connectivity index (χ3n) is 3.37. The normalized spacial score (nSPS) is 16.2. The van der Waals surface area contributed by atoms with E-state index in [9.17, 15) is 4.79 Å². The Morgan fingerprint density at radius 1 is 1.47 bits per heavy atom. The number of aromatic nitrogens is 2. The molecular weight excluding hydrogens is 240 g/mol. The van der Waals surface area contributed by atoms with Gasteiger partial charge in [0.25, 0.3) is 5.91 Å². The summed E-state index contributed by atoms with van der Waals surface area (Å²) in [6, 6.07) is 0. The minimum Gasteiger partial charge on any atom is -0.348 e. The van der Waals surface area contributed by atoms with Crippen molar-refractivity contribution in [3.8, 4) is 0 Å². The third kappa shape index (κ3) is 3.53. The van der Waals surface area contributed by atoms with E-state index in [1.165, 1.54) is 12.8 Å².